The Hall–Kier alpha value is -3.91. The fraction of sp³-hybridized carbons (Fsp3) is 0.310. The van der Waals surface area contributed by atoms with E-state index < -0.39 is 31.4 Å². The van der Waals surface area contributed by atoms with Crippen LogP contribution in [0.2, 0.25) is 10.0 Å². The molecule has 15 heteroatoms. The summed E-state index contributed by atoms with van der Waals surface area (Å²) in [6.45, 7) is 6.15. The predicted molar refractivity (Wildman–Crippen MR) is 167 cm³/mol. The van der Waals surface area contributed by atoms with Gasteiger partial charge in [-0.3, -0.25) is 19.6 Å². The Morgan fingerprint density at radius 2 is 1.80 bits per heavy atom. The average molecular weight is 663 g/mol. The number of ether oxygens (including phenoxy) is 2. The molecule has 1 N–H and O–H groups in total. The number of nitro benzene ring substituents is 1. The molecule has 12 nitrogen and oxygen atoms in total. The summed E-state index contributed by atoms with van der Waals surface area (Å²) < 4.78 is 41.2. The fourth-order valence-electron chi connectivity index (χ4n) is 5.00. The summed E-state index contributed by atoms with van der Waals surface area (Å²) in [5, 5.41) is 17.6. The molecule has 2 heterocycles. The van der Waals surface area contributed by atoms with Gasteiger partial charge in [-0.1, -0.05) is 23.2 Å². The van der Waals surface area contributed by atoms with Gasteiger partial charge in [-0.25, -0.2) is 13.1 Å². The van der Waals surface area contributed by atoms with Gasteiger partial charge in [0.2, 0.25) is 0 Å². The van der Waals surface area contributed by atoms with Gasteiger partial charge in [-0.2, -0.15) is 5.10 Å². The largest absolute Gasteiger partial charge is 0.494 e. The maximum Gasteiger partial charge on any atom is 0.293 e. The molecule has 0 aliphatic carbocycles. The highest BCUT2D eigenvalue weighted by Gasteiger charge is 2.28. The van der Waals surface area contributed by atoms with Crippen LogP contribution in [0.5, 0.6) is 5.75 Å². The minimum atomic E-state index is -4.50. The number of fused-ring (bicyclic) bond motifs is 1. The van der Waals surface area contributed by atoms with Gasteiger partial charge in [0.25, 0.3) is 21.6 Å². The van der Waals surface area contributed by atoms with Crippen molar-refractivity contribution in [2.75, 3.05) is 37.8 Å². The number of halogens is 2. The van der Waals surface area contributed by atoms with Gasteiger partial charge >= 0.3 is 0 Å². The van der Waals surface area contributed by atoms with Crippen LogP contribution in [0.15, 0.2) is 53.4 Å². The summed E-state index contributed by atoms with van der Waals surface area (Å²) in [6.07, 6.45) is 0.526. The average Bonchev–Trinajstić information content (AvgIpc) is 3.35. The zero-order valence-corrected chi connectivity index (χ0v) is 26.2. The SMILES string of the molecule is Cc1cc(OCCCn2nc(C(=O)NS(=O)(=O)c3ccc(N4CCOCC4)c([N+](=O)[O-])c3)c3cc(Cl)ccc32)cc(C)c1Cl. The number of carbonyl (C=O) groups excluding carboxylic acids is 1. The summed E-state index contributed by atoms with van der Waals surface area (Å²) in [5.41, 5.74) is 2.11. The van der Waals surface area contributed by atoms with Crippen LogP contribution < -0.4 is 14.4 Å². The second-order valence-electron chi connectivity index (χ2n) is 10.2. The molecule has 4 aromatic rings. The van der Waals surface area contributed by atoms with Crippen LogP contribution in [0.25, 0.3) is 10.9 Å². The molecule has 1 amide bonds. The Balaban J connectivity index is 1.34. The van der Waals surface area contributed by atoms with E-state index in [9.17, 15) is 23.3 Å². The Morgan fingerprint density at radius 3 is 2.48 bits per heavy atom. The molecular weight excluding hydrogens is 633 g/mol. The van der Waals surface area contributed by atoms with E-state index in [1.165, 1.54) is 18.2 Å². The molecule has 3 aromatic carbocycles. The Morgan fingerprint density at radius 1 is 1.09 bits per heavy atom. The van der Waals surface area contributed by atoms with Crippen molar-refractivity contribution in [3.8, 4) is 5.75 Å². The van der Waals surface area contributed by atoms with Crippen LogP contribution in [0.1, 0.15) is 28.0 Å². The number of aryl methyl sites for hydroxylation is 3. The number of nitro groups is 1. The first-order valence-corrected chi connectivity index (χ1v) is 15.9. The maximum absolute atomic E-state index is 13.3. The smallest absolute Gasteiger partial charge is 0.293 e. The first kappa shape index (κ1) is 31.5. The number of amides is 1. The molecule has 1 aliphatic rings. The number of aromatic nitrogens is 2. The van der Waals surface area contributed by atoms with Crippen molar-refractivity contribution in [2.24, 2.45) is 0 Å². The highest BCUT2D eigenvalue weighted by molar-refractivity contribution is 7.90. The zero-order valence-electron chi connectivity index (χ0n) is 23.9. The van der Waals surface area contributed by atoms with Crippen LogP contribution >= 0.6 is 23.2 Å². The van der Waals surface area contributed by atoms with Gasteiger partial charge in [-0.15, -0.1) is 0 Å². The van der Waals surface area contributed by atoms with E-state index in [4.69, 9.17) is 32.7 Å². The van der Waals surface area contributed by atoms with E-state index in [0.29, 0.717) is 72.6 Å². The third-order valence-corrected chi connectivity index (χ3v) is 9.31. The molecule has 0 atom stereocenters. The van der Waals surface area contributed by atoms with Crippen molar-refractivity contribution in [3.63, 3.8) is 0 Å². The van der Waals surface area contributed by atoms with Crippen LogP contribution in [0, 0.1) is 24.0 Å². The lowest BCUT2D eigenvalue weighted by Gasteiger charge is -2.28. The maximum atomic E-state index is 13.3. The third kappa shape index (κ3) is 6.75. The van der Waals surface area contributed by atoms with Crippen molar-refractivity contribution < 1.29 is 27.6 Å². The van der Waals surface area contributed by atoms with Gasteiger partial charge in [0, 0.05) is 47.6 Å². The second-order valence-corrected chi connectivity index (χ2v) is 12.7. The van der Waals surface area contributed by atoms with E-state index in [1.807, 2.05) is 30.7 Å². The molecule has 1 fully saturated rings. The van der Waals surface area contributed by atoms with E-state index in [1.54, 1.807) is 21.7 Å². The number of rotatable bonds is 10. The number of anilines is 1. The summed E-state index contributed by atoms with van der Waals surface area (Å²) in [5.74, 6) is -0.315. The first-order chi connectivity index (χ1) is 20.9. The van der Waals surface area contributed by atoms with E-state index in [2.05, 4.69) is 5.10 Å². The number of nitrogens with one attached hydrogen (secondary N) is 1. The number of morpholine rings is 1. The van der Waals surface area contributed by atoms with Gasteiger partial charge in [0.05, 0.1) is 35.2 Å². The number of sulfonamides is 1. The minimum Gasteiger partial charge on any atom is -0.494 e. The summed E-state index contributed by atoms with van der Waals surface area (Å²) in [6, 6.07) is 12.1. The normalized spacial score (nSPS) is 13.7. The molecule has 1 aliphatic heterocycles. The lowest BCUT2D eigenvalue weighted by Crippen LogP contribution is -2.36. The summed E-state index contributed by atoms with van der Waals surface area (Å²) in [7, 11) is -4.50. The van der Waals surface area contributed by atoms with E-state index >= 15 is 0 Å². The van der Waals surface area contributed by atoms with Crippen molar-refractivity contribution in [1.29, 1.82) is 0 Å². The number of carbonyl (C=O) groups is 1. The van der Waals surface area contributed by atoms with Crippen molar-refractivity contribution in [2.45, 2.75) is 31.7 Å². The molecule has 0 saturated carbocycles. The molecule has 44 heavy (non-hydrogen) atoms. The minimum absolute atomic E-state index is 0.157. The van der Waals surface area contributed by atoms with Crippen molar-refractivity contribution >= 4 is 61.4 Å². The number of benzene rings is 3. The fourth-order valence-corrected chi connectivity index (χ4v) is 6.25. The molecule has 0 radical (unpaired) electrons. The Bertz CT molecular complexity index is 1830. The first-order valence-electron chi connectivity index (χ1n) is 13.7. The van der Waals surface area contributed by atoms with Crippen LogP contribution in [-0.2, 0) is 21.3 Å². The molecule has 0 bridgehead atoms. The summed E-state index contributed by atoms with van der Waals surface area (Å²) in [4.78, 5) is 25.8. The molecule has 232 valence electrons. The van der Waals surface area contributed by atoms with E-state index in [-0.39, 0.29) is 11.4 Å². The second kappa shape index (κ2) is 13.0. The predicted octanol–water partition coefficient (Wildman–Crippen LogP) is 5.29. The molecule has 1 aromatic heterocycles. The standard InChI is InChI=1S/C29H29Cl2N5O7S/c1-18-14-21(15-19(2)27(18)31)43-11-3-8-35-24-6-4-20(30)16-23(24)28(32-35)29(37)33-44(40,41)22-5-7-25(26(17-22)36(38)39)34-9-12-42-13-10-34/h4-7,14-17H,3,8-13H2,1-2H3,(H,33,37). The zero-order chi connectivity index (χ0) is 31.6. The van der Waals surface area contributed by atoms with Crippen LogP contribution in [0.4, 0.5) is 11.4 Å². The van der Waals surface area contributed by atoms with Gasteiger partial charge in [0.1, 0.15) is 11.4 Å². The lowest BCUT2D eigenvalue weighted by atomic mass is 10.1. The third-order valence-electron chi connectivity index (χ3n) is 7.15. The van der Waals surface area contributed by atoms with Gasteiger partial charge < -0.3 is 14.4 Å². The lowest BCUT2D eigenvalue weighted by molar-refractivity contribution is -0.384. The number of hydrogen-bond acceptors (Lipinski definition) is 9. The summed E-state index contributed by atoms with van der Waals surface area (Å²) >= 11 is 12.4. The van der Waals surface area contributed by atoms with E-state index in [0.717, 1.165) is 17.2 Å². The highest BCUT2D eigenvalue weighted by Crippen LogP contribution is 2.32. The molecular formula is C29H29Cl2N5O7S. The van der Waals surface area contributed by atoms with Gasteiger partial charge in [-0.05, 0) is 67.4 Å². The van der Waals surface area contributed by atoms with Crippen LogP contribution in [0.3, 0.4) is 0 Å². The molecule has 5 rings (SSSR count). The molecule has 1 saturated heterocycles. The van der Waals surface area contributed by atoms with Crippen LogP contribution in [-0.4, -0.2) is 61.9 Å². The topological polar surface area (TPSA) is 146 Å². The molecule has 0 spiro atoms. The quantitative estimate of drug-likeness (QED) is 0.136. The van der Waals surface area contributed by atoms with Crippen molar-refractivity contribution in [1.82, 2.24) is 14.5 Å². The number of hydrogen-bond donors (Lipinski definition) is 1. The Labute approximate surface area is 263 Å². The van der Waals surface area contributed by atoms with Crippen molar-refractivity contribution in [3.05, 3.63) is 85.5 Å². The highest BCUT2D eigenvalue weighted by atomic mass is 35.5. The monoisotopic (exact) mass is 661 g/mol. The van der Waals surface area contributed by atoms with Gasteiger partial charge in [0.15, 0.2) is 5.69 Å². The molecule has 0 unspecified atom stereocenters. The number of nitrogens with zero attached hydrogens (tertiary/aromatic N) is 4. The Kier molecular flexibility index (Phi) is 9.30.